The van der Waals surface area contributed by atoms with Crippen LogP contribution in [0.4, 0.5) is 4.79 Å². The molecule has 7 nitrogen and oxygen atoms in total. The predicted octanol–water partition coefficient (Wildman–Crippen LogP) is 2.95. The van der Waals surface area contributed by atoms with Gasteiger partial charge in [-0.3, -0.25) is 9.59 Å². The maximum atomic E-state index is 12.5. The quantitative estimate of drug-likeness (QED) is 0.700. The molecule has 1 aliphatic heterocycles. The van der Waals surface area contributed by atoms with Gasteiger partial charge in [0.05, 0.1) is 0 Å². The van der Waals surface area contributed by atoms with Crippen LogP contribution >= 0.6 is 0 Å². The number of hydrogen-bond acceptors (Lipinski definition) is 3. The molecule has 0 aliphatic carbocycles. The van der Waals surface area contributed by atoms with Crippen LogP contribution in [0.1, 0.15) is 40.7 Å². The van der Waals surface area contributed by atoms with E-state index >= 15 is 0 Å². The molecule has 1 heterocycles. The highest BCUT2D eigenvalue weighted by Gasteiger charge is 2.24. The summed E-state index contributed by atoms with van der Waals surface area (Å²) in [7, 11) is 1.74. The minimum Gasteiger partial charge on any atom is -0.349 e. The van der Waals surface area contributed by atoms with E-state index in [2.05, 4.69) is 10.6 Å². The molecular formula is C25H32N4O3. The fraction of sp³-hybridized carbons (Fsp3) is 0.400. The molecule has 0 saturated carbocycles. The van der Waals surface area contributed by atoms with Crippen LogP contribution in [0, 0.1) is 6.92 Å². The van der Waals surface area contributed by atoms with Crippen molar-refractivity contribution < 1.29 is 14.4 Å². The molecule has 32 heavy (non-hydrogen) atoms. The lowest BCUT2D eigenvalue weighted by Gasteiger charge is -2.32. The van der Waals surface area contributed by atoms with Gasteiger partial charge in [0, 0.05) is 51.3 Å². The van der Waals surface area contributed by atoms with E-state index < -0.39 is 0 Å². The molecule has 4 amide bonds. The minimum absolute atomic E-state index is 0.0275. The van der Waals surface area contributed by atoms with Crippen molar-refractivity contribution in [3.8, 4) is 0 Å². The van der Waals surface area contributed by atoms with Crippen LogP contribution in [0.3, 0.4) is 0 Å². The number of carbonyl (C=O) groups is 3. The normalized spacial score (nSPS) is 14.0. The first-order valence-corrected chi connectivity index (χ1v) is 11.1. The fourth-order valence-electron chi connectivity index (χ4n) is 3.86. The third kappa shape index (κ3) is 6.57. The Morgan fingerprint density at radius 1 is 1.00 bits per heavy atom. The summed E-state index contributed by atoms with van der Waals surface area (Å²) in [5, 5.41) is 5.90. The second kappa shape index (κ2) is 11.3. The molecule has 2 aromatic carbocycles. The zero-order valence-electron chi connectivity index (χ0n) is 18.8. The topological polar surface area (TPSA) is 81.8 Å². The van der Waals surface area contributed by atoms with Crippen molar-refractivity contribution in [2.45, 2.75) is 38.8 Å². The summed E-state index contributed by atoms with van der Waals surface area (Å²) in [4.78, 5) is 40.7. The Balaban J connectivity index is 1.35. The van der Waals surface area contributed by atoms with E-state index in [0.29, 0.717) is 31.7 Å². The van der Waals surface area contributed by atoms with E-state index in [-0.39, 0.29) is 30.3 Å². The van der Waals surface area contributed by atoms with Gasteiger partial charge in [0.1, 0.15) is 0 Å². The Morgan fingerprint density at radius 3 is 2.34 bits per heavy atom. The summed E-state index contributed by atoms with van der Waals surface area (Å²) < 4.78 is 0. The molecule has 170 valence electrons. The van der Waals surface area contributed by atoms with Gasteiger partial charge in [-0.25, -0.2) is 4.79 Å². The maximum Gasteiger partial charge on any atom is 0.317 e. The number of carbonyl (C=O) groups excluding carboxylic acids is 3. The highest BCUT2D eigenvalue weighted by Crippen LogP contribution is 2.14. The summed E-state index contributed by atoms with van der Waals surface area (Å²) in [5.41, 5.74) is 2.70. The Kier molecular flexibility index (Phi) is 8.25. The third-order valence-corrected chi connectivity index (χ3v) is 5.80. The Labute approximate surface area is 189 Å². The first kappa shape index (κ1) is 23.3. The summed E-state index contributed by atoms with van der Waals surface area (Å²) in [6.07, 6.45) is 1.73. The average Bonchev–Trinajstić information content (AvgIpc) is 2.80. The van der Waals surface area contributed by atoms with Crippen molar-refractivity contribution in [1.29, 1.82) is 0 Å². The SMILES string of the molecule is Cc1ccccc1C(=O)NC1CCN(C(=O)CCNC(=O)N(C)Cc2ccccc2)CC1. The van der Waals surface area contributed by atoms with Gasteiger partial charge in [0.2, 0.25) is 5.91 Å². The lowest BCUT2D eigenvalue weighted by molar-refractivity contribution is -0.132. The number of urea groups is 1. The van der Waals surface area contributed by atoms with Crippen molar-refractivity contribution in [2.75, 3.05) is 26.7 Å². The molecule has 7 heteroatoms. The number of likely N-dealkylation sites (tertiary alicyclic amines) is 1. The van der Waals surface area contributed by atoms with E-state index in [1.54, 1.807) is 11.9 Å². The van der Waals surface area contributed by atoms with Gasteiger partial charge in [0.25, 0.3) is 5.91 Å². The number of nitrogens with one attached hydrogen (secondary N) is 2. The van der Waals surface area contributed by atoms with Crippen molar-refractivity contribution in [1.82, 2.24) is 20.4 Å². The number of amides is 4. The molecule has 2 aromatic rings. The van der Waals surface area contributed by atoms with Crippen LogP contribution in [0.25, 0.3) is 0 Å². The zero-order valence-corrected chi connectivity index (χ0v) is 18.8. The third-order valence-electron chi connectivity index (χ3n) is 5.80. The van der Waals surface area contributed by atoms with Crippen molar-refractivity contribution in [3.05, 3.63) is 71.3 Å². The van der Waals surface area contributed by atoms with Crippen LogP contribution in [0.5, 0.6) is 0 Å². The Morgan fingerprint density at radius 2 is 1.66 bits per heavy atom. The van der Waals surface area contributed by atoms with Crippen molar-refractivity contribution in [3.63, 3.8) is 0 Å². The molecule has 1 saturated heterocycles. The zero-order chi connectivity index (χ0) is 22.9. The van der Waals surface area contributed by atoms with Gasteiger partial charge in [-0.2, -0.15) is 0 Å². The monoisotopic (exact) mass is 436 g/mol. The van der Waals surface area contributed by atoms with Gasteiger partial charge in [-0.05, 0) is 37.0 Å². The first-order valence-electron chi connectivity index (χ1n) is 11.1. The van der Waals surface area contributed by atoms with Gasteiger partial charge >= 0.3 is 6.03 Å². The molecule has 0 atom stereocenters. The predicted molar refractivity (Wildman–Crippen MR) is 124 cm³/mol. The standard InChI is InChI=1S/C25H32N4O3/c1-19-8-6-7-11-22(19)24(31)27-21-13-16-29(17-14-21)23(30)12-15-26-25(32)28(2)18-20-9-4-3-5-10-20/h3-11,21H,12-18H2,1-2H3,(H,26,32)(H,27,31). The highest BCUT2D eigenvalue weighted by molar-refractivity contribution is 5.95. The molecule has 3 rings (SSSR count). The van der Waals surface area contributed by atoms with Crippen LogP contribution in [0.15, 0.2) is 54.6 Å². The molecule has 0 bridgehead atoms. The van der Waals surface area contributed by atoms with Crippen molar-refractivity contribution >= 4 is 17.8 Å². The molecular weight excluding hydrogens is 404 g/mol. The average molecular weight is 437 g/mol. The van der Waals surface area contributed by atoms with Crippen molar-refractivity contribution in [2.24, 2.45) is 0 Å². The van der Waals surface area contributed by atoms with Crippen LogP contribution in [-0.4, -0.2) is 60.4 Å². The van der Waals surface area contributed by atoms with Crippen LogP contribution in [0.2, 0.25) is 0 Å². The molecule has 1 fully saturated rings. The summed E-state index contributed by atoms with van der Waals surface area (Å²) in [6, 6.07) is 17.2. The van der Waals surface area contributed by atoms with Gasteiger partial charge < -0.3 is 20.4 Å². The van der Waals surface area contributed by atoms with Crippen LogP contribution in [-0.2, 0) is 11.3 Å². The maximum absolute atomic E-state index is 12.5. The lowest BCUT2D eigenvalue weighted by atomic mass is 10.0. The summed E-state index contributed by atoms with van der Waals surface area (Å²) >= 11 is 0. The largest absolute Gasteiger partial charge is 0.349 e. The van der Waals surface area contributed by atoms with E-state index in [9.17, 15) is 14.4 Å². The van der Waals surface area contributed by atoms with Gasteiger partial charge in [-0.15, -0.1) is 0 Å². The number of nitrogens with zero attached hydrogens (tertiary/aromatic N) is 2. The van der Waals surface area contributed by atoms with Gasteiger partial charge in [0.15, 0.2) is 0 Å². The summed E-state index contributed by atoms with van der Waals surface area (Å²) in [5.74, 6) is -0.0325. The lowest BCUT2D eigenvalue weighted by Crippen LogP contribution is -2.47. The number of piperidine rings is 1. The highest BCUT2D eigenvalue weighted by atomic mass is 16.2. The molecule has 0 aromatic heterocycles. The molecule has 0 radical (unpaired) electrons. The fourth-order valence-corrected chi connectivity index (χ4v) is 3.86. The Hall–Kier alpha value is -3.35. The Bertz CT molecular complexity index is 924. The van der Waals surface area contributed by atoms with E-state index in [4.69, 9.17) is 0 Å². The molecule has 0 spiro atoms. The minimum atomic E-state index is -0.195. The second-order valence-electron chi connectivity index (χ2n) is 8.27. The molecule has 1 aliphatic rings. The number of aryl methyl sites for hydroxylation is 1. The van der Waals surface area contributed by atoms with E-state index in [1.165, 1.54) is 0 Å². The molecule has 0 unspecified atom stereocenters. The number of hydrogen-bond donors (Lipinski definition) is 2. The van der Waals surface area contributed by atoms with Crippen LogP contribution < -0.4 is 10.6 Å². The van der Waals surface area contributed by atoms with E-state index in [1.807, 2.05) is 66.4 Å². The smallest absolute Gasteiger partial charge is 0.317 e. The number of benzene rings is 2. The van der Waals surface area contributed by atoms with E-state index in [0.717, 1.165) is 24.0 Å². The van der Waals surface area contributed by atoms with Gasteiger partial charge in [-0.1, -0.05) is 48.5 Å². The first-order chi connectivity index (χ1) is 15.4. The summed E-state index contributed by atoms with van der Waals surface area (Å²) in [6.45, 7) is 3.97. The molecule has 2 N–H and O–H groups in total. The number of rotatable bonds is 7. The second-order valence-corrected chi connectivity index (χ2v) is 8.27.